The molecule has 0 unspecified atom stereocenters. The van der Waals surface area contributed by atoms with Gasteiger partial charge in [0.15, 0.2) is 5.65 Å². The monoisotopic (exact) mass is 404 g/mol. The molecule has 30 heavy (non-hydrogen) atoms. The van der Waals surface area contributed by atoms with E-state index >= 15 is 0 Å². The standard InChI is InChI=1S/C25H33N5/c1-25(2,3)22-17-23(29-15-13-28(14-16-29)20-11-7-8-12-20)30-24(27-22)21(18-26-30)19-9-5-4-6-10-19/h4-6,9-10,17-18,20H,7-8,11-16H2,1-3H3/p+1. The van der Waals surface area contributed by atoms with Crippen molar-refractivity contribution in [2.24, 2.45) is 0 Å². The van der Waals surface area contributed by atoms with Crippen LogP contribution in [0.4, 0.5) is 5.82 Å². The number of piperazine rings is 1. The summed E-state index contributed by atoms with van der Waals surface area (Å²) in [5.41, 5.74) is 4.37. The van der Waals surface area contributed by atoms with Gasteiger partial charge in [-0.05, 0) is 31.2 Å². The number of nitrogens with zero attached hydrogens (tertiary/aromatic N) is 4. The maximum atomic E-state index is 5.08. The van der Waals surface area contributed by atoms with Crippen molar-refractivity contribution in [2.75, 3.05) is 31.1 Å². The second-order valence-corrected chi connectivity index (χ2v) is 10.0. The molecule has 158 valence electrons. The maximum Gasteiger partial charge on any atom is 0.165 e. The van der Waals surface area contributed by atoms with Gasteiger partial charge in [0.1, 0.15) is 5.82 Å². The van der Waals surface area contributed by atoms with Crippen molar-refractivity contribution in [3.05, 3.63) is 48.3 Å². The molecule has 0 atom stereocenters. The molecule has 0 radical (unpaired) electrons. The molecule has 1 N–H and O–H groups in total. The minimum atomic E-state index is -0.00829. The lowest BCUT2D eigenvalue weighted by atomic mass is 9.91. The maximum absolute atomic E-state index is 5.08. The van der Waals surface area contributed by atoms with E-state index in [1.165, 1.54) is 50.2 Å². The summed E-state index contributed by atoms with van der Waals surface area (Å²) in [6.45, 7) is 11.4. The van der Waals surface area contributed by atoms with E-state index in [4.69, 9.17) is 10.1 Å². The van der Waals surface area contributed by atoms with Crippen molar-refractivity contribution < 1.29 is 4.90 Å². The number of quaternary nitrogens is 1. The molecule has 5 heteroatoms. The van der Waals surface area contributed by atoms with Gasteiger partial charge in [0.25, 0.3) is 0 Å². The second-order valence-electron chi connectivity index (χ2n) is 10.0. The molecule has 3 aromatic rings. The minimum absolute atomic E-state index is 0.00829. The summed E-state index contributed by atoms with van der Waals surface area (Å²) >= 11 is 0. The Hall–Kier alpha value is -2.40. The first-order valence-electron chi connectivity index (χ1n) is 11.5. The zero-order valence-electron chi connectivity index (χ0n) is 18.6. The van der Waals surface area contributed by atoms with E-state index in [1.54, 1.807) is 0 Å². The molecular formula is C25H34N5+. The fourth-order valence-electron chi connectivity index (χ4n) is 5.14. The Balaban J connectivity index is 1.52. The first-order chi connectivity index (χ1) is 14.5. The lowest BCUT2D eigenvalue weighted by Crippen LogP contribution is -3.18. The highest BCUT2D eigenvalue weighted by Crippen LogP contribution is 2.31. The van der Waals surface area contributed by atoms with Crippen LogP contribution in [0.1, 0.15) is 52.1 Å². The zero-order chi connectivity index (χ0) is 20.7. The molecule has 0 amide bonds. The zero-order valence-corrected chi connectivity index (χ0v) is 18.6. The Morgan fingerprint density at radius 3 is 2.37 bits per heavy atom. The van der Waals surface area contributed by atoms with Crippen LogP contribution in [0.25, 0.3) is 16.8 Å². The lowest BCUT2D eigenvalue weighted by molar-refractivity contribution is -0.925. The van der Waals surface area contributed by atoms with E-state index in [1.807, 2.05) is 11.1 Å². The number of anilines is 1. The molecule has 0 bridgehead atoms. The summed E-state index contributed by atoms with van der Waals surface area (Å²) in [6.07, 6.45) is 7.67. The van der Waals surface area contributed by atoms with Crippen molar-refractivity contribution in [3.8, 4) is 11.1 Å². The highest BCUT2D eigenvalue weighted by atomic mass is 15.4. The molecule has 5 nitrogen and oxygen atoms in total. The van der Waals surface area contributed by atoms with Crippen LogP contribution in [0.2, 0.25) is 0 Å². The minimum Gasteiger partial charge on any atom is -0.345 e. The largest absolute Gasteiger partial charge is 0.345 e. The molecule has 1 aliphatic carbocycles. The fourth-order valence-corrected chi connectivity index (χ4v) is 5.14. The van der Waals surface area contributed by atoms with Crippen molar-refractivity contribution in [2.45, 2.75) is 57.9 Å². The molecular weight excluding hydrogens is 370 g/mol. The van der Waals surface area contributed by atoms with Crippen LogP contribution in [0, 0.1) is 0 Å². The Kier molecular flexibility index (Phi) is 5.02. The third-order valence-electron chi connectivity index (χ3n) is 6.97. The van der Waals surface area contributed by atoms with Gasteiger partial charge < -0.3 is 9.80 Å². The predicted molar refractivity (Wildman–Crippen MR) is 122 cm³/mol. The molecule has 3 heterocycles. The van der Waals surface area contributed by atoms with Gasteiger partial charge in [-0.1, -0.05) is 51.1 Å². The van der Waals surface area contributed by atoms with Crippen LogP contribution in [-0.2, 0) is 5.41 Å². The molecule has 2 aromatic heterocycles. The van der Waals surface area contributed by atoms with Gasteiger partial charge in [0.05, 0.1) is 44.1 Å². The molecule has 1 aliphatic heterocycles. The van der Waals surface area contributed by atoms with Crippen LogP contribution >= 0.6 is 0 Å². The highest BCUT2D eigenvalue weighted by molar-refractivity contribution is 5.78. The first kappa shape index (κ1) is 19.6. The third-order valence-corrected chi connectivity index (χ3v) is 6.97. The lowest BCUT2D eigenvalue weighted by Gasteiger charge is -2.36. The molecule has 2 fully saturated rings. The molecule has 1 saturated carbocycles. The van der Waals surface area contributed by atoms with Gasteiger partial charge in [-0.15, -0.1) is 0 Å². The summed E-state index contributed by atoms with van der Waals surface area (Å²) in [4.78, 5) is 9.43. The van der Waals surface area contributed by atoms with Crippen molar-refractivity contribution in [3.63, 3.8) is 0 Å². The van der Waals surface area contributed by atoms with E-state index in [0.717, 1.165) is 36.0 Å². The Labute approximate surface area is 179 Å². The molecule has 1 aromatic carbocycles. The summed E-state index contributed by atoms with van der Waals surface area (Å²) < 4.78 is 2.07. The Morgan fingerprint density at radius 1 is 1.00 bits per heavy atom. The first-order valence-corrected chi connectivity index (χ1v) is 11.5. The van der Waals surface area contributed by atoms with Crippen LogP contribution in [0.3, 0.4) is 0 Å². The van der Waals surface area contributed by atoms with E-state index < -0.39 is 0 Å². The molecule has 1 saturated heterocycles. The number of hydrogen-bond donors (Lipinski definition) is 1. The second kappa shape index (κ2) is 7.69. The summed E-state index contributed by atoms with van der Waals surface area (Å²) in [5, 5.41) is 4.80. The normalized spacial score (nSPS) is 19.1. The van der Waals surface area contributed by atoms with Crippen LogP contribution in [0.5, 0.6) is 0 Å². The fraction of sp³-hybridized carbons (Fsp3) is 0.520. The van der Waals surface area contributed by atoms with E-state index in [2.05, 4.69) is 66.6 Å². The number of nitrogens with one attached hydrogen (secondary N) is 1. The van der Waals surface area contributed by atoms with Gasteiger partial charge in [-0.2, -0.15) is 9.61 Å². The average Bonchev–Trinajstić information content (AvgIpc) is 3.43. The number of benzene rings is 1. The Morgan fingerprint density at radius 2 is 1.70 bits per heavy atom. The molecule has 5 rings (SSSR count). The van der Waals surface area contributed by atoms with Gasteiger partial charge in [-0.3, -0.25) is 0 Å². The van der Waals surface area contributed by atoms with E-state index in [-0.39, 0.29) is 5.41 Å². The molecule has 0 spiro atoms. The quantitative estimate of drug-likeness (QED) is 0.728. The van der Waals surface area contributed by atoms with Gasteiger partial charge in [-0.25, -0.2) is 4.98 Å². The summed E-state index contributed by atoms with van der Waals surface area (Å²) in [7, 11) is 0. The molecule has 2 aliphatic rings. The highest BCUT2D eigenvalue weighted by Gasteiger charge is 2.31. The topological polar surface area (TPSA) is 37.9 Å². The van der Waals surface area contributed by atoms with Crippen LogP contribution in [-0.4, -0.2) is 46.8 Å². The van der Waals surface area contributed by atoms with Crippen molar-refractivity contribution in [1.29, 1.82) is 0 Å². The van der Waals surface area contributed by atoms with Gasteiger partial charge >= 0.3 is 0 Å². The predicted octanol–water partition coefficient (Wildman–Crippen LogP) is 3.34. The van der Waals surface area contributed by atoms with Crippen LogP contribution < -0.4 is 9.80 Å². The number of fused-ring (bicyclic) bond motifs is 1. The third kappa shape index (κ3) is 3.60. The number of aromatic nitrogens is 3. The van der Waals surface area contributed by atoms with E-state index in [9.17, 15) is 0 Å². The van der Waals surface area contributed by atoms with Gasteiger partial charge in [0, 0.05) is 17.0 Å². The van der Waals surface area contributed by atoms with Crippen LogP contribution in [0.15, 0.2) is 42.6 Å². The average molecular weight is 405 g/mol. The van der Waals surface area contributed by atoms with Gasteiger partial charge in [0.2, 0.25) is 0 Å². The Bertz CT molecular complexity index is 1000. The smallest absolute Gasteiger partial charge is 0.165 e. The number of rotatable bonds is 3. The summed E-state index contributed by atoms with van der Waals surface area (Å²) in [5.74, 6) is 1.19. The van der Waals surface area contributed by atoms with E-state index in [0.29, 0.717) is 0 Å². The summed E-state index contributed by atoms with van der Waals surface area (Å²) in [6, 6.07) is 13.7. The van der Waals surface area contributed by atoms with Crippen molar-refractivity contribution >= 4 is 11.5 Å². The van der Waals surface area contributed by atoms with Crippen molar-refractivity contribution in [1.82, 2.24) is 14.6 Å². The SMILES string of the molecule is CC(C)(C)c1cc(N2CC[NH+](C3CCCC3)CC2)n2ncc(-c3ccccc3)c2n1. The number of hydrogen-bond acceptors (Lipinski definition) is 3.